The fourth-order valence-corrected chi connectivity index (χ4v) is 4.55. The van der Waals surface area contributed by atoms with Gasteiger partial charge in [0.1, 0.15) is 17.3 Å². The van der Waals surface area contributed by atoms with E-state index in [1.54, 1.807) is 23.1 Å². The first-order valence-electron chi connectivity index (χ1n) is 12.7. The second-order valence-electron chi connectivity index (χ2n) is 9.17. The number of likely N-dealkylation sites (tertiary alicyclic amines) is 1. The maximum atomic E-state index is 13.3. The molecule has 0 aliphatic carbocycles. The summed E-state index contributed by atoms with van der Waals surface area (Å²) in [6.07, 6.45) is -0.0268. The minimum atomic E-state index is -0.719. The number of hydrogen-bond acceptors (Lipinski definition) is 6. The number of aliphatic hydroxyl groups is 1. The number of amides is 1. The van der Waals surface area contributed by atoms with Crippen LogP contribution < -0.4 is 9.47 Å². The van der Waals surface area contributed by atoms with E-state index >= 15 is 0 Å². The summed E-state index contributed by atoms with van der Waals surface area (Å²) >= 11 is 0. The van der Waals surface area contributed by atoms with Gasteiger partial charge in [0.05, 0.1) is 24.3 Å². The van der Waals surface area contributed by atoms with Crippen molar-refractivity contribution in [3.8, 4) is 11.5 Å². The van der Waals surface area contributed by atoms with Crippen molar-refractivity contribution in [3.63, 3.8) is 0 Å². The molecule has 1 aliphatic heterocycles. The molecule has 1 aliphatic rings. The molecular weight excluding hydrogens is 456 g/mol. The first-order chi connectivity index (χ1) is 17.2. The summed E-state index contributed by atoms with van der Waals surface area (Å²) in [7, 11) is 0. The normalized spacial score (nSPS) is 17.3. The highest BCUT2D eigenvalue weighted by molar-refractivity contribution is 6.46. The van der Waals surface area contributed by atoms with Gasteiger partial charge in [0.15, 0.2) is 0 Å². The van der Waals surface area contributed by atoms with Crippen LogP contribution in [0.5, 0.6) is 11.5 Å². The molecular formula is C29H38N2O5. The molecule has 36 heavy (non-hydrogen) atoms. The molecule has 194 valence electrons. The average Bonchev–Trinajstić information content (AvgIpc) is 3.10. The maximum Gasteiger partial charge on any atom is 0.295 e. The van der Waals surface area contributed by atoms with E-state index < -0.39 is 17.7 Å². The SMILES string of the molecule is CCOc1ccc(/C(O)=C2\C(=O)C(=O)N(CCN(CC)CC)C2c2cccc(OC(C)C)c2)cc1C. The lowest BCUT2D eigenvalue weighted by atomic mass is 9.94. The van der Waals surface area contributed by atoms with Gasteiger partial charge in [-0.1, -0.05) is 26.0 Å². The van der Waals surface area contributed by atoms with Crippen LogP contribution in [-0.4, -0.2) is 65.5 Å². The first-order valence-corrected chi connectivity index (χ1v) is 12.7. The largest absolute Gasteiger partial charge is 0.507 e. The monoisotopic (exact) mass is 494 g/mol. The molecule has 1 atom stereocenters. The van der Waals surface area contributed by atoms with Crippen molar-refractivity contribution in [3.05, 3.63) is 64.7 Å². The Labute approximate surface area is 214 Å². The van der Waals surface area contributed by atoms with Gasteiger partial charge >= 0.3 is 0 Å². The number of carbonyl (C=O) groups is 2. The quantitative estimate of drug-likeness (QED) is 0.271. The highest BCUT2D eigenvalue weighted by Gasteiger charge is 2.46. The fourth-order valence-electron chi connectivity index (χ4n) is 4.55. The lowest BCUT2D eigenvalue weighted by Gasteiger charge is -2.28. The van der Waals surface area contributed by atoms with E-state index in [1.807, 2.05) is 52.0 Å². The van der Waals surface area contributed by atoms with E-state index in [4.69, 9.17) is 9.47 Å². The number of rotatable bonds is 11. The van der Waals surface area contributed by atoms with Gasteiger partial charge in [-0.2, -0.15) is 0 Å². The van der Waals surface area contributed by atoms with Gasteiger partial charge in [-0.15, -0.1) is 0 Å². The van der Waals surface area contributed by atoms with Crippen LogP contribution in [0.4, 0.5) is 0 Å². The Morgan fingerprint density at radius 1 is 1.08 bits per heavy atom. The molecule has 1 amide bonds. The minimum absolute atomic E-state index is 0.0268. The van der Waals surface area contributed by atoms with Crippen molar-refractivity contribution in [2.24, 2.45) is 0 Å². The Bertz CT molecular complexity index is 1120. The van der Waals surface area contributed by atoms with Crippen LogP contribution in [0.3, 0.4) is 0 Å². The number of hydrogen-bond donors (Lipinski definition) is 1. The second kappa shape index (κ2) is 12.1. The van der Waals surface area contributed by atoms with Crippen molar-refractivity contribution in [2.45, 2.75) is 53.7 Å². The maximum absolute atomic E-state index is 13.3. The molecule has 1 saturated heterocycles. The zero-order chi connectivity index (χ0) is 26.4. The van der Waals surface area contributed by atoms with E-state index in [-0.39, 0.29) is 17.4 Å². The molecule has 1 unspecified atom stereocenters. The predicted molar refractivity (Wildman–Crippen MR) is 141 cm³/mol. The van der Waals surface area contributed by atoms with Crippen LogP contribution in [0, 0.1) is 6.92 Å². The lowest BCUT2D eigenvalue weighted by molar-refractivity contribution is -0.140. The molecule has 1 fully saturated rings. The molecule has 1 heterocycles. The molecule has 7 nitrogen and oxygen atoms in total. The van der Waals surface area contributed by atoms with E-state index in [2.05, 4.69) is 18.7 Å². The Kier molecular flexibility index (Phi) is 9.15. The Morgan fingerprint density at radius 2 is 1.81 bits per heavy atom. The van der Waals surface area contributed by atoms with E-state index in [0.29, 0.717) is 36.8 Å². The summed E-state index contributed by atoms with van der Waals surface area (Å²) in [5.41, 5.74) is 2.11. The summed E-state index contributed by atoms with van der Waals surface area (Å²) in [4.78, 5) is 30.4. The lowest BCUT2D eigenvalue weighted by Crippen LogP contribution is -2.38. The van der Waals surface area contributed by atoms with Gasteiger partial charge in [-0.25, -0.2) is 0 Å². The third-order valence-corrected chi connectivity index (χ3v) is 6.39. The molecule has 2 aromatic rings. The molecule has 2 aromatic carbocycles. The smallest absolute Gasteiger partial charge is 0.295 e. The number of aryl methyl sites for hydroxylation is 1. The number of ether oxygens (including phenoxy) is 2. The molecule has 0 aromatic heterocycles. The van der Waals surface area contributed by atoms with Crippen molar-refractivity contribution in [2.75, 3.05) is 32.8 Å². The highest BCUT2D eigenvalue weighted by Crippen LogP contribution is 2.40. The molecule has 7 heteroatoms. The van der Waals surface area contributed by atoms with Crippen LogP contribution in [-0.2, 0) is 9.59 Å². The number of Topliss-reactive ketones (excluding diaryl/α,β-unsaturated/α-hetero) is 1. The summed E-state index contributed by atoms with van der Waals surface area (Å²) in [6.45, 7) is 15.0. The van der Waals surface area contributed by atoms with Gasteiger partial charge < -0.3 is 24.4 Å². The van der Waals surface area contributed by atoms with Gasteiger partial charge in [-0.3, -0.25) is 9.59 Å². The Morgan fingerprint density at radius 3 is 2.42 bits per heavy atom. The summed E-state index contributed by atoms with van der Waals surface area (Å²) < 4.78 is 11.5. The predicted octanol–water partition coefficient (Wildman–Crippen LogP) is 4.94. The summed E-state index contributed by atoms with van der Waals surface area (Å²) in [5, 5.41) is 11.4. The second-order valence-corrected chi connectivity index (χ2v) is 9.17. The van der Waals surface area contributed by atoms with Crippen molar-refractivity contribution in [1.29, 1.82) is 0 Å². The number of benzene rings is 2. The first kappa shape index (κ1) is 27.3. The number of likely N-dealkylation sites (N-methyl/N-ethyl adjacent to an activating group) is 1. The Hall–Kier alpha value is -3.32. The molecule has 0 radical (unpaired) electrons. The van der Waals surface area contributed by atoms with E-state index in [0.717, 1.165) is 24.2 Å². The molecule has 0 spiro atoms. The van der Waals surface area contributed by atoms with Crippen LogP contribution in [0.1, 0.15) is 57.4 Å². The minimum Gasteiger partial charge on any atom is -0.507 e. The van der Waals surface area contributed by atoms with Gasteiger partial charge in [0, 0.05) is 18.7 Å². The Balaban J connectivity index is 2.12. The van der Waals surface area contributed by atoms with Gasteiger partial charge in [0.25, 0.3) is 11.7 Å². The topological polar surface area (TPSA) is 79.3 Å². The number of ketones is 1. The van der Waals surface area contributed by atoms with Crippen molar-refractivity contribution in [1.82, 2.24) is 9.80 Å². The van der Waals surface area contributed by atoms with Crippen molar-refractivity contribution < 1.29 is 24.2 Å². The van der Waals surface area contributed by atoms with Gasteiger partial charge in [-0.05, 0) is 82.2 Å². The number of nitrogens with zero attached hydrogens (tertiary/aromatic N) is 2. The van der Waals surface area contributed by atoms with Gasteiger partial charge in [0.2, 0.25) is 0 Å². The summed E-state index contributed by atoms with van der Waals surface area (Å²) in [6, 6.07) is 12.0. The van der Waals surface area contributed by atoms with Crippen LogP contribution in [0.2, 0.25) is 0 Å². The number of carbonyl (C=O) groups excluding carboxylic acids is 2. The zero-order valence-electron chi connectivity index (χ0n) is 22.2. The molecule has 0 saturated carbocycles. The third-order valence-electron chi connectivity index (χ3n) is 6.39. The van der Waals surface area contributed by atoms with Crippen LogP contribution >= 0.6 is 0 Å². The zero-order valence-corrected chi connectivity index (χ0v) is 22.2. The highest BCUT2D eigenvalue weighted by atomic mass is 16.5. The van der Waals surface area contributed by atoms with Crippen molar-refractivity contribution >= 4 is 17.4 Å². The van der Waals surface area contributed by atoms with E-state index in [9.17, 15) is 14.7 Å². The van der Waals surface area contributed by atoms with Crippen LogP contribution in [0.15, 0.2) is 48.0 Å². The molecule has 1 N–H and O–H groups in total. The summed E-state index contributed by atoms with van der Waals surface area (Å²) in [5.74, 6) is -0.118. The van der Waals surface area contributed by atoms with E-state index in [1.165, 1.54) is 0 Å². The average molecular weight is 495 g/mol. The molecule has 0 bridgehead atoms. The number of aliphatic hydroxyl groups excluding tert-OH is 1. The fraction of sp³-hybridized carbons (Fsp3) is 0.448. The standard InChI is InChI=1S/C29H38N2O5/c1-7-30(8-2)15-16-31-26(21-11-10-12-23(18-21)36-19(4)5)25(28(33)29(31)34)27(32)22-13-14-24(35-9-3)20(6)17-22/h10-14,17-19,26,32H,7-9,15-16H2,1-6H3/b27-25+. The third kappa shape index (κ3) is 5.90. The molecule has 3 rings (SSSR count). The van der Waals surface area contributed by atoms with Crippen LogP contribution in [0.25, 0.3) is 5.76 Å².